The molecule has 0 saturated carbocycles. The summed E-state index contributed by atoms with van der Waals surface area (Å²) in [6.45, 7) is 6.39. The summed E-state index contributed by atoms with van der Waals surface area (Å²) in [5.41, 5.74) is 1.45. The number of piperidine rings is 1. The van der Waals surface area contributed by atoms with Crippen LogP contribution in [-0.4, -0.2) is 48.3 Å². The summed E-state index contributed by atoms with van der Waals surface area (Å²) >= 11 is 6.11. The molecule has 1 aliphatic heterocycles. The highest BCUT2D eigenvalue weighted by Gasteiger charge is 2.22. The fourth-order valence-electron chi connectivity index (χ4n) is 3.68. The second-order valence-electron chi connectivity index (χ2n) is 7.81. The van der Waals surface area contributed by atoms with Crippen molar-refractivity contribution in [2.24, 2.45) is 0 Å². The van der Waals surface area contributed by atoms with Crippen LogP contribution in [0.3, 0.4) is 0 Å². The van der Waals surface area contributed by atoms with Crippen LogP contribution in [0.5, 0.6) is 0 Å². The van der Waals surface area contributed by atoms with Crippen LogP contribution in [0.25, 0.3) is 0 Å². The molecule has 2 aromatic rings. The van der Waals surface area contributed by atoms with Crippen LogP contribution in [-0.2, 0) is 4.79 Å². The molecular weight excluding hydrogens is 386 g/mol. The molecule has 2 N–H and O–H groups in total. The third-order valence-corrected chi connectivity index (χ3v) is 5.30. The number of ketones is 1. The van der Waals surface area contributed by atoms with Gasteiger partial charge in [-0.2, -0.15) is 0 Å². The fourth-order valence-corrected chi connectivity index (χ4v) is 3.85. The number of halogens is 1. The van der Waals surface area contributed by atoms with E-state index in [0.29, 0.717) is 40.5 Å². The largest absolute Gasteiger partial charge is 0.324 e. The molecule has 29 heavy (non-hydrogen) atoms. The van der Waals surface area contributed by atoms with E-state index in [1.165, 1.54) is 0 Å². The van der Waals surface area contributed by atoms with Crippen molar-refractivity contribution in [3.05, 3.63) is 64.7 Å². The van der Waals surface area contributed by atoms with Gasteiger partial charge in [0.15, 0.2) is 5.78 Å². The average Bonchev–Trinajstić information content (AvgIpc) is 2.70. The Balaban J connectivity index is 1.63. The van der Waals surface area contributed by atoms with Gasteiger partial charge in [-0.1, -0.05) is 55.8 Å². The van der Waals surface area contributed by atoms with Gasteiger partial charge in [-0.15, -0.1) is 0 Å². The van der Waals surface area contributed by atoms with Crippen molar-refractivity contribution in [3.63, 3.8) is 0 Å². The van der Waals surface area contributed by atoms with Gasteiger partial charge in [0.05, 0.1) is 12.2 Å². The molecule has 2 aromatic carbocycles. The van der Waals surface area contributed by atoms with Crippen molar-refractivity contribution in [1.82, 2.24) is 10.2 Å². The Bertz CT molecular complexity index is 846. The smallest absolute Gasteiger partial charge is 0.238 e. The first-order valence-corrected chi connectivity index (χ1v) is 10.5. The molecule has 0 spiro atoms. The molecule has 6 heteroatoms. The van der Waals surface area contributed by atoms with Crippen molar-refractivity contribution in [3.8, 4) is 0 Å². The Morgan fingerprint density at radius 1 is 1.10 bits per heavy atom. The third-order valence-electron chi connectivity index (χ3n) is 5.06. The number of hydrogen-bond acceptors (Lipinski definition) is 4. The minimum Gasteiger partial charge on any atom is -0.324 e. The molecule has 1 saturated heterocycles. The molecule has 1 heterocycles. The van der Waals surface area contributed by atoms with Crippen LogP contribution < -0.4 is 10.6 Å². The van der Waals surface area contributed by atoms with Gasteiger partial charge in [-0.3, -0.25) is 14.5 Å². The molecule has 0 unspecified atom stereocenters. The Hall–Kier alpha value is -2.21. The summed E-state index contributed by atoms with van der Waals surface area (Å²) in [6.07, 6.45) is 2.06. The molecule has 5 nitrogen and oxygen atoms in total. The number of amides is 1. The number of hydrogen-bond donors (Lipinski definition) is 2. The van der Waals surface area contributed by atoms with Crippen molar-refractivity contribution in [1.29, 1.82) is 0 Å². The van der Waals surface area contributed by atoms with E-state index in [-0.39, 0.29) is 11.7 Å². The van der Waals surface area contributed by atoms with Crippen molar-refractivity contribution in [2.75, 3.05) is 25.0 Å². The van der Waals surface area contributed by atoms with E-state index in [9.17, 15) is 9.59 Å². The average molecular weight is 414 g/mol. The van der Waals surface area contributed by atoms with Crippen LogP contribution in [0.15, 0.2) is 48.5 Å². The standard InChI is InChI=1S/C23H28ClN3O2/c1-16(2)25-19-10-12-27(13-11-19)15-22(28)26-21-9-8-18(24)14-20(21)23(29)17-6-4-3-5-7-17/h3-9,14,16,19,25H,10-13,15H2,1-2H3,(H,26,28). The van der Waals surface area contributed by atoms with E-state index < -0.39 is 0 Å². The van der Waals surface area contributed by atoms with Crippen molar-refractivity contribution in [2.45, 2.75) is 38.8 Å². The maximum atomic E-state index is 12.9. The molecule has 1 aliphatic rings. The van der Waals surface area contributed by atoms with Gasteiger partial charge in [0.2, 0.25) is 5.91 Å². The van der Waals surface area contributed by atoms with E-state index in [1.807, 2.05) is 18.2 Å². The summed E-state index contributed by atoms with van der Waals surface area (Å²) < 4.78 is 0. The molecule has 1 fully saturated rings. The lowest BCUT2D eigenvalue weighted by molar-refractivity contribution is -0.117. The van der Waals surface area contributed by atoms with Crippen LogP contribution in [0.1, 0.15) is 42.6 Å². The molecule has 0 atom stereocenters. The fraction of sp³-hybridized carbons (Fsp3) is 0.391. The summed E-state index contributed by atoms with van der Waals surface area (Å²) in [7, 11) is 0. The van der Waals surface area contributed by atoms with Gasteiger partial charge < -0.3 is 10.6 Å². The van der Waals surface area contributed by atoms with E-state index in [1.54, 1.807) is 30.3 Å². The number of nitrogens with one attached hydrogen (secondary N) is 2. The third kappa shape index (κ3) is 6.13. The van der Waals surface area contributed by atoms with Gasteiger partial charge in [-0.25, -0.2) is 0 Å². The van der Waals surface area contributed by atoms with Gasteiger partial charge in [0.25, 0.3) is 0 Å². The summed E-state index contributed by atoms with van der Waals surface area (Å²) in [5.74, 6) is -0.284. The first-order chi connectivity index (χ1) is 13.9. The number of rotatable bonds is 7. The number of carbonyl (C=O) groups excluding carboxylic acids is 2. The zero-order chi connectivity index (χ0) is 20.8. The van der Waals surface area contributed by atoms with E-state index in [2.05, 4.69) is 29.4 Å². The van der Waals surface area contributed by atoms with Crippen molar-refractivity contribution < 1.29 is 9.59 Å². The van der Waals surface area contributed by atoms with Gasteiger partial charge in [0.1, 0.15) is 0 Å². The predicted octanol–water partition coefficient (Wildman–Crippen LogP) is 3.97. The number of benzene rings is 2. The number of anilines is 1. The second kappa shape index (κ2) is 10.0. The normalized spacial score (nSPS) is 15.4. The first kappa shape index (κ1) is 21.5. The zero-order valence-electron chi connectivity index (χ0n) is 17.0. The van der Waals surface area contributed by atoms with Crippen molar-refractivity contribution >= 4 is 29.0 Å². The lowest BCUT2D eigenvalue weighted by Gasteiger charge is -2.33. The molecule has 0 aromatic heterocycles. The van der Waals surface area contributed by atoms with E-state index in [0.717, 1.165) is 25.9 Å². The molecule has 0 radical (unpaired) electrons. The minimum atomic E-state index is -0.163. The van der Waals surface area contributed by atoms with Crippen LogP contribution in [0.2, 0.25) is 5.02 Å². The summed E-state index contributed by atoms with van der Waals surface area (Å²) in [5, 5.41) is 6.92. The maximum absolute atomic E-state index is 12.9. The zero-order valence-corrected chi connectivity index (χ0v) is 17.7. The van der Waals surface area contributed by atoms with Crippen LogP contribution in [0.4, 0.5) is 5.69 Å². The highest BCUT2D eigenvalue weighted by atomic mass is 35.5. The molecule has 154 valence electrons. The van der Waals surface area contributed by atoms with Gasteiger partial charge in [0, 0.05) is 41.3 Å². The predicted molar refractivity (Wildman–Crippen MR) is 118 cm³/mol. The molecule has 1 amide bonds. The quantitative estimate of drug-likeness (QED) is 0.674. The second-order valence-corrected chi connectivity index (χ2v) is 8.24. The Labute approximate surface area is 177 Å². The summed E-state index contributed by atoms with van der Waals surface area (Å²) in [6, 6.07) is 15.0. The van der Waals surface area contributed by atoms with E-state index in [4.69, 9.17) is 11.6 Å². The minimum absolute atomic E-state index is 0.121. The SMILES string of the molecule is CC(C)NC1CCN(CC(=O)Nc2ccc(Cl)cc2C(=O)c2ccccc2)CC1. The molecule has 0 aliphatic carbocycles. The molecular formula is C23H28ClN3O2. The van der Waals surface area contributed by atoms with Gasteiger partial charge >= 0.3 is 0 Å². The lowest BCUT2D eigenvalue weighted by atomic mass is 10.0. The highest BCUT2D eigenvalue weighted by molar-refractivity contribution is 6.31. The Morgan fingerprint density at radius 3 is 2.45 bits per heavy atom. The Kier molecular flexibility index (Phi) is 7.42. The monoisotopic (exact) mass is 413 g/mol. The topological polar surface area (TPSA) is 61.4 Å². The number of nitrogens with zero attached hydrogens (tertiary/aromatic N) is 1. The number of likely N-dealkylation sites (tertiary alicyclic amines) is 1. The Morgan fingerprint density at radius 2 is 1.79 bits per heavy atom. The van der Waals surface area contributed by atoms with E-state index >= 15 is 0 Å². The van der Waals surface area contributed by atoms with Crippen LogP contribution in [0, 0.1) is 0 Å². The first-order valence-electron chi connectivity index (χ1n) is 10.1. The summed E-state index contributed by atoms with van der Waals surface area (Å²) in [4.78, 5) is 27.7. The highest BCUT2D eigenvalue weighted by Crippen LogP contribution is 2.24. The maximum Gasteiger partial charge on any atom is 0.238 e. The van der Waals surface area contributed by atoms with Gasteiger partial charge in [-0.05, 0) is 31.0 Å². The molecule has 3 rings (SSSR count). The van der Waals surface area contributed by atoms with Crippen LogP contribution >= 0.6 is 11.6 Å². The lowest BCUT2D eigenvalue weighted by Crippen LogP contribution is -2.46. The number of carbonyl (C=O) groups is 2. The molecule has 0 bridgehead atoms.